The second-order valence-corrected chi connectivity index (χ2v) is 9.15. The Morgan fingerprint density at radius 1 is 1.14 bits per heavy atom. The van der Waals surface area contributed by atoms with Gasteiger partial charge in [-0.15, -0.1) is 0 Å². The van der Waals surface area contributed by atoms with Gasteiger partial charge >= 0.3 is 5.97 Å². The van der Waals surface area contributed by atoms with Crippen molar-refractivity contribution in [3.8, 4) is 10.9 Å². The van der Waals surface area contributed by atoms with Crippen LogP contribution in [0.3, 0.4) is 0 Å². The van der Waals surface area contributed by atoms with E-state index in [4.69, 9.17) is 21.1 Å². The zero-order valence-electron chi connectivity index (χ0n) is 19.7. The van der Waals surface area contributed by atoms with E-state index in [1.165, 1.54) is 17.2 Å². The number of aromatic nitrogens is 1. The fourth-order valence-corrected chi connectivity index (χ4v) is 4.33. The van der Waals surface area contributed by atoms with Crippen molar-refractivity contribution in [3.05, 3.63) is 82.1 Å². The molecule has 1 unspecified atom stereocenters. The van der Waals surface area contributed by atoms with E-state index in [1.54, 1.807) is 48.2 Å². The molecule has 0 saturated carbocycles. The number of halogens is 1. The Bertz CT molecular complexity index is 1250. The van der Waals surface area contributed by atoms with Crippen LogP contribution in [0.2, 0.25) is 5.02 Å². The van der Waals surface area contributed by atoms with Crippen molar-refractivity contribution in [2.45, 2.75) is 26.7 Å². The molecule has 4 rings (SSSR count). The molecule has 0 spiro atoms. The van der Waals surface area contributed by atoms with Gasteiger partial charge < -0.3 is 24.8 Å². The number of esters is 1. The van der Waals surface area contributed by atoms with Crippen molar-refractivity contribution in [3.63, 3.8) is 0 Å². The van der Waals surface area contributed by atoms with Gasteiger partial charge in [0.25, 0.3) is 11.1 Å². The Morgan fingerprint density at radius 3 is 2.53 bits per heavy atom. The Hall–Kier alpha value is -3.60. The molecule has 3 aromatic rings. The van der Waals surface area contributed by atoms with Crippen molar-refractivity contribution >= 4 is 40.5 Å². The maximum absolute atomic E-state index is 12.6. The summed E-state index contributed by atoms with van der Waals surface area (Å²) in [5, 5.41) is 15.1. The Morgan fingerprint density at radius 2 is 1.86 bits per heavy atom. The molecule has 2 heterocycles. The molecule has 1 atom stereocenters. The summed E-state index contributed by atoms with van der Waals surface area (Å²) in [6.45, 7) is 4.55. The van der Waals surface area contributed by atoms with Gasteiger partial charge in [0.2, 0.25) is 6.35 Å². The molecule has 9 nitrogen and oxygen atoms in total. The summed E-state index contributed by atoms with van der Waals surface area (Å²) in [6.07, 6.45) is 1.75. The lowest BCUT2D eigenvalue weighted by Crippen LogP contribution is -2.54. The lowest BCUT2D eigenvalue weighted by molar-refractivity contribution is -0.154. The first-order valence-electron chi connectivity index (χ1n) is 11.3. The number of ether oxygens (including phenoxy) is 2. The topological polar surface area (TPSA) is 104 Å². The summed E-state index contributed by atoms with van der Waals surface area (Å²) in [5.74, 6) is 0.252. The third-order valence-corrected chi connectivity index (χ3v) is 6.42. The number of nitrogens with zero attached hydrogens (tertiary/aromatic N) is 3. The minimum Gasteiger partial charge on any atom is -0.462 e. The minimum atomic E-state index is -1.13. The van der Waals surface area contributed by atoms with Gasteiger partial charge in [0, 0.05) is 29.9 Å². The zero-order chi connectivity index (χ0) is 25.7. The van der Waals surface area contributed by atoms with Gasteiger partial charge in [-0.3, -0.25) is 9.69 Å². The summed E-state index contributed by atoms with van der Waals surface area (Å²) in [5.41, 5.74) is 1.61. The van der Waals surface area contributed by atoms with Gasteiger partial charge in [-0.1, -0.05) is 35.1 Å². The molecule has 0 radical (unpaired) electrons. The second-order valence-electron chi connectivity index (χ2n) is 7.72. The molecule has 2 N–H and O–H groups in total. The molecule has 2 aromatic carbocycles. The van der Waals surface area contributed by atoms with Crippen LogP contribution >= 0.6 is 22.9 Å². The average molecular weight is 529 g/mol. The lowest BCUT2D eigenvalue weighted by atomic mass is 10.2. The molecule has 1 aliphatic rings. The summed E-state index contributed by atoms with van der Waals surface area (Å²) in [4.78, 5) is 31.9. The number of thiazole rings is 1. The maximum Gasteiger partial charge on any atom is 0.350 e. The predicted molar refractivity (Wildman–Crippen MR) is 137 cm³/mol. The van der Waals surface area contributed by atoms with E-state index in [0.717, 1.165) is 16.9 Å². The Labute approximate surface area is 217 Å². The minimum absolute atomic E-state index is 0.286. The van der Waals surface area contributed by atoms with Crippen molar-refractivity contribution in [1.82, 2.24) is 14.8 Å². The number of nitrogens with one attached hydrogen (secondary N) is 1. The van der Waals surface area contributed by atoms with E-state index in [0.29, 0.717) is 45.4 Å². The fourth-order valence-electron chi connectivity index (χ4n) is 3.53. The van der Waals surface area contributed by atoms with E-state index in [-0.39, 0.29) is 12.5 Å². The Kier molecular flexibility index (Phi) is 8.09. The molecule has 188 valence electrons. The molecule has 1 aromatic heterocycles. The highest BCUT2D eigenvalue weighted by atomic mass is 35.5. The van der Waals surface area contributed by atoms with Crippen LogP contribution in [0, 0.1) is 0 Å². The average Bonchev–Trinajstić information content (AvgIpc) is 3.33. The number of carbonyl (C=O) groups is 2. The number of amides is 1. The van der Waals surface area contributed by atoms with E-state index in [9.17, 15) is 14.7 Å². The number of rotatable bonds is 9. The first kappa shape index (κ1) is 25.5. The predicted octanol–water partition coefficient (Wildman–Crippen LogP) is 4.66. The third-order valence-electron chi connectivity index (χ3n) is 5.31. The molecular formula is C25H25ClN4O5S. The van der Waals surface area contributed by atoms with Crippen molar-refractivity contribution in [2.24, 2.45) is 0 Å². The van der Waals surface area contributed by atoms with Gasteiger partial charge in [0.15, 0.2) is 0 Å². The van der Waals surface area contributed by atoms with E-state index >= 15 is 0 Å². The van der Waals surface area contributed by atoms with Gasteiger partial charge in [-0.05, 0) is 55.8 Å². The van der Waals surface area contributed by atoms with E-state index in [1.807, 2.05) is 19.1 Å². The summed E-state index contributed by atoms with van der Waals surface area (Å²) >= 11 is 7.10. The molecule has 0 aliphatic carbocycles. The second kappa shape index (κ2) is 11.4. The maximum atomic E-state index is 12.6. The van der Waals surface area contributed by atoms with E-state index in [2.05, 4.69) is 10.3 Å². The summed E-state index contributed by atoms with van der Waals surface area (Å²) in [7, 11) is 0. The number of benzene rings is 2. The van der Waals surface area contributed by atoms with Crippen molar-refractivity contribution in [2.75, 3.05) is 18.5 Å². The van der Waals surface area contributed by atoms with E-state index < -0.39 is 12.3 Å². The third kappa shape index (κ3) is 5.96. The van der Waals surface area contributed by atoms with Gasteiger partial charge in [0.05, 0.1) is 12.8 Å². The van der Waals surface area contributed by atoms with Crippen LogP contribution in [-0.2, 0) is 16.1 Å². The fraction of sp³-hybridized carbons (Fsp3) is 0.240. The number of aliphatic hydroxyl groups excluding tert-OH is 1. The molecule has 0 bridgehead atoms. The number of carbonyl (C=O) groups excluding carboxylic acids is 2. The van der Waals surface area contributed by atoms with Crippen LogP contribution in [0.1, 0.15) is 29.1 Å². The number of likely N-dealkylation sites (N-methyl/N-ethyl adjacent to an activating group) is 1. The monoisotopic (exact) mass is 528 g/mol. The van der Waals surface area contributed by atoms with Crippen molar-refractivity contribution in [1.29, 1.82) is 0 Å². The standard InChI is InChI=1S/C25H25ClN4O5S/c1-3-29-22(31)13-21(30(25(29)33)15-16-5-7-17(26)8-6-16)28-18-9-11-19(12-10-18)35-24-27-14-20(36-24)23(32)34-4-2/h5-14,25,28,33H,3-4,15H2,1-2H3. The first-order valence-corrected chi connectivity index (χ1v) is 12.5. The molecular weight excluding hydrogens is 504 g/mol. The van der Waals surface area contributed by atoms with Crippen LogP contribution < -0.4 is 10.1 Å². The van der Waals surface area contributed by atoms with Crippen molar-refractivity contribution < 1.29 is 24.2 Å². The largest absolute Gasteiger partial charge is 0.462 e. The van der Waals surface area contributed by atoms with Gasteiger partial charge in [-0.25, -0.2) is 9.78 Å². The highest BCUT2D eigenvalue weighted by Crippen LogP contribution is 2.29. The molecule has 0 fully saturated rings. The highest BCUT2D eigenvalue weighted by molar-refractivity contribution is 7.15. The summed E-state index contributed by atoms with van der Waals surface area (Å²) in [6, 6.07) is 14.3. The number of aliphatic hydroxyl groups is 1. The Balaban J connectivity index is 1.48. The lowest BCUT2D eigenvalue weighted by Gasteiger charge is -2.41. The SMILES string of the molecule is CCOC(=O)c1cnc(Oc2ccc(NC3=CC(=O)N(CC)C(O)N3Cc3ccc(Cl)cc3)cc2)s1. The normalized spacial score (nSPS) is 15.5. The van der Waals surface area contributed by atoms with Crippen LogP contribution in [0.15, 0.2) is 66.6 Å². The molecule has 36 heavy (non-hydrogen) atoms. The molecule has 0 saturated heterocycles. The molecule has 1 amide bonds. The van der Waals surface area contributed by atoms with Crippen LogP contribution in [0.4, 0.5) is 5.69 Å². The van der Waals surface area contributed by atoms with Crippen LogP contribution in [-0.4, -0.2) is 51.3 Å². The molecule has 1 aliphatic heterocycles. The van der Waals surface area contributed by atoms with Gasteiger partial charge in [-0.2, -0.15) is 0 Å². The summed E-state index contributed by atoms with van der Waals surface area (Å²) < 4.78 is 10.7. The smallest absolute Gasteiger partial charge is 0.350 e. The van der Waals surface area contributed by atoms with Crippen LogP contribution in [0.25, 0.3) is 0 Å². The van der Waals surface area contributed by atoms with Gasteiger partial charge in [0.1, 0.15) is 16.4 Å². The number of anilines is 1. The van der Waals surface area contributed by atoms with Crippen LogP contribution in [0.5, 0.6) is 10.9 Å². The quantitative estimate of drug-likeness (QED) is 0.386. The number of hydrogen-bond donors (Lipinski definition) is 2. The first-order chi connectivity index (χ1) is 17.4. The molecule has 11 heteroatoms. The highest BCUT2D eigenvalue weighted by Gasteiger charge is 2.32. The number of hydrogen-bond acceptors (Lipinski definition) is 9. The zero-order valence-corrected chi connectivity index (χ0v) is 21.3.